The zero-order chi connectivity index (χ0) is 21.6. The summed E-state index contributed by atoms with van der Waals surface area (Å²) in [6, 6.07) is 11.7. The van der Waals surface area contributed by atoms with Gasteiger partial charge in [-0.2, -0.15) is 4.98 Å². The zero-order valence-corrected chi connectivity index (χ0v) is 17.6. The van der Waals surface area contributed by atoms with E-state index >= 15 is 0 Å². The minimum Gasteiger partial charge on any atom is -0.497 e. The number of aromatic nitrogens is 3. The van der Waals surface area contributed by atoms with Crippen molar-refractivity contribution in [1.82, 2.24) is 20.0 Å². The molecule has 1 N–H and O–H groups in total. The van der Waals surface area contributed by atoms with Crippen LogP contribution in [0.15, 0.2) is 47.1 Å². The SMILES string of the molecule is COCC(=O)Nc1ccc(-c2noc(C3CCCN3Cc3ccc(OC)cc3)n2)cn1. The van der Waals surface area contributed by atoms with Crippen molar-refractivity contribution in [1.29, 1.82) is 0 Å². The van der Waals surface area contributed by atoms with Crippen LogP contribution in [0.3, 0.4) is 0 Å². The van der Waals surface area contributed by atoms with E-state index in [2.05, 4.69) is 37.5 Å². The van der Waals surface area contributed by atoms with Crippen LogP contribution in [0.25, 0.3) is 11.4 Å². The number of anilines is 1. The van der Waals surface area contributed by atoms with Crippen molar-refractivity contribution >= 4 is 11.7 Å². The van der Waals surface area contributed by atoms with Gasteiger partial charge >= 0.3 is 0 Å². The number of nitrogens with zero attached hydrogens (tertiary/aromatic N) is 4. The third-order valence-corrected chi connectivity index (χ3v) is 5.20. The van der Waals surface area contributed by atoms with E-state index in [-0.39, 0.29) is 18.6 Å². The summed E-state index contributed by atoms with van der Waals surface area (Å²) >= 11 is 0. The number of carbonyl (C=O) groups is 1. The molecule has 9 heteroatoms. The fourth-order valence-corrected chi connectivity index (χ4v) is 3.66. The van der Waals surface area contributed by atoms with E-state index in [0.29, 0.717) is 17.5 Å². The molecule has 1 unspecified atom stereocenters. The molecule has 4 rings (SSSR count). The van der Waals surface area contributed by atoms with Crippen LogP contribution in [0.5, 0.6) is 5.75 Å². The summed E-state index contributed by atoms with van der Waals surface area (Å²) < 4.78 is 15.6. The minimum absolute atomic E-state index is 0.0218. The van der Waals surface area contributed by atoms with E-state index in [1.165, 1.54) is 12.7 Å². The van der Waals surface area contributed by atoms with Crippen LogP contribution in [-0.2, 0) is 16.1 Å². The second-order valence-corrected chi connectivity index (χ2v) is 7.35. The van der Waals surface area contributed by atoms with Crippen LogP contribution >= 0.6 is 0 Å². The Kier molecular flexibility index (Phi) is 6.54. The highest BCUT2D eigenvalue weighted by atomic mass is 16.5. The number of amides is 1. The van der Waals surface area contributed by atoms with Crippen LogP contribution in [0.4, 0.5) is 5.82 Å². The molecule has 1 amide bonds. The molecule has 0 saturated carbocycles. The molecule has 0 radical (unpaired) electrons. The molecule has 1 aliphatic rings. The molecule has 0 aliphatic carbocycles. The molecule has 0 spiro atoms. The van der Waals surface area contributed by atoms with Gasteiger partial charge in [-0.3, -0.25) is 9.69 Å². The number of ether oxygens (including phenoxy) is 2. The van der Waals surface area contributed by atoms with Crippen LogP contribution in [0, 0.1) is 0 Å². The maximum Gasteiger partial charge on any atom is 0.251 e. The summed E-state index contributed by atoms with van der Waals surface area (Å²) in [5.41, 5.74) is 1.93. The van der Waals surface area contributed by atoms with Crippen molar-refractivity contribution < 1.29 is 18.8 Å². The molecule has 3 aromatic rings. The van der Waals surface area contributed by atoms with Gasteiger partial charge in [0.05, 0.1) is 13.2 Å². The van der Waals surface area contributed by atoms with Crippen molar-refractivity contribution in [3.05, 3.63) is 54.0 Å². The third-order valence-electron chi connectivity index (χ3n) is 5.20. The van der Waals surface area contributed by atoms with E-state index in [4.69, 9.17) is 14.0 Å². The molecule has 1 fully saturated rings. The van der Waals surface area contributed by atoms with E-state index < -0.39 is 0 Å². The van der Waals surface area contributed by atoms with Crippen LogP contribution in [0.1, 0.15) is 30.3 Å². The van der Waals surface area contributed by atoms with E-state index in [1.807, 2.05) is 12.1 Å². The first kappa shape index (κ1) is 21.0. The van der Waals surface area contributed by atoms with Gasteiger partial charge in [-0.15, -0.1) is 0 Å². The largest absolute Gasteiger partial charge is 0.497 e. The van der Waals surface area contributed by atoms with Gasteiger partial charge in [0.25, 0.3) is 5.91 Å². The predicted octanol–water partition coefficient (Wildman–Crippen LogP) is 3.06. The maximum absolute atomic E-state index is 11.6. The predicted molar refractivity (Wildman–Crippen MR) is 113 cm³/mol. The van der Waals surface area contributed by atoms with Gasteiger partial charge in [0, 0.05) is 25.4 Å². The normalized spacial score (nSPS) is 16.4. The first-order valence-corrected chi connectivity index (χ1v) is 10.1. The fourth-order valence-electron chi connectivity index (χ4n) is 3.66. The Bertz CT molecular complexity index is 1000. The summed E-state index contributed by atoms with van der Waals surface area (Å²) in [5.74, 6) is 2.12. The van der Waals surface area contributed by atoms with Gasteiger partial charge in [-0.25, -0.2) is 4.98 Å². The molecule has 1 aliphatic heterocycles. The Morgan fingerprint density at radius 3 is 2.77 bits per heavy atom. The second kappa shape index (κ2) is 9.67. The molecule has 1 saturated heterocycles. The third kappa shape index (κ3) is 5.07. The van der Waals surface area contributed by atoms with Crippen molar-refractivity contribution in [2.75, 3.05) is 32.7 Å². The van der Waals surface area contributed by atoms with Gasteiger partial charge in [0.1, 0.15) is 18.2 Å². The van der Waals surface area contributed by atoms with E-state index in [0.717, 1.165) is 37.2 Å². The molecule has 0 bridgehead atoms. The summed E-state index contributed by atoms with van der Waals surface area (Å²) in [6.45, 7) is 1.77. The Hall–Kier alpha value is -3.30. The lowest BCUT2D eigenvalue weighted by Gasteiger charge is -2.21. The van der Waals surface area contributed by atoms with Gasteiger partial charge in [0.15, 0.2) is 0 Å². The highest BCUT2D eigenvalue weighted by molar-refractivity contribution is 5.90. The maximum atomic E-state index is 11.6. The summed E-state index contributed by atoms with van der Waals surface area (Å²) in [7, 11) is 3.13. The fraction of sp³-hybridized carbons (Fsp3) is 0.364. The average Bonchev–Trinajstić information content (AvgIpc) is 3.44. The molecule has 9 nitrogen and oxygen atoms in total. The number of rotatable bonds is 8. The van der Waals surface area contributed by atoms with Crippen LogP contribution in [0.2, 0.25) is 0 Å². The Morgan fingerprint density at radius 1 is 1.23 bits per heavy atom. The first-order valence-electron chi connectivity index (χ1n) is 10.1. The lowest BCUT2D eigenvalue weighted by molar-refractivity contribution is -0.119. The average molecular weight is 423 g/mol. The van der Waals surface area contributed by atoms with Crippen LogP contribution in [-0.4, -0.2) is 53.3 Å². The number of hydrogen-bond acceptors (Lipinski definition) is 8. The summed E-state index contributed by atoms with van der Waals surface area (Å²) in [6.07, 6.45) is 3.66. The molecule has 1 atom stereocenters. The smallest absolute Gasteiger partial charge is 0.251 e. The summed E-state index contributed by atoms with van der Waals surface area (Å²) in [5, 5.41) is 6.79. The van der Waals surface area contributed by atoms with Crippen molar-refractivity contribution in [3.8, 4) is 17.1 Å². The Balaban J connectivity index is 1.43. The molecular weight excluding hydrogens is 398 g/mol. The molecule has 31 heavy (non-hydrogen) atoms. The topological polar surface area (TPSA) is 103 Å². The highest BCUT2D eigenvalue weighted by Gasteiger charge is 2.30. The van der Waals surface area contributed by atoms with Gasteiger partial charge in [0.2, 0.25) is 11.7 Å². The molecule has 1 aromatic carbocycles. The molecule has 3 heterocycles. The minimum atomic E-state index is -0.261. The van der Waals surface area contributed by atoms with Crippen molar-refractivity contribution in [2.24, 2.45) is 0 Å². The lowest BCUT2D eigenvalue weighted by Crippen LogP contribution is -2.23. The van der Waals surface area contributed by atoms with Crippen molar-refractivity contribution in [2.45, 2.75) is 25.4 Å². The number of benzene rings is 1. The van der Waals surface area contributed by atoms with Gasteiger partial charge in [-0.05, 0) is 49.2 Å². The summed E-state index contributed by atoms with van der Waals surface area (Å²) in [4.78, 5) is 22.8. The standard InChI is InChI=1S/C22H25N5O4/c1-29-14-20(28)24-19-10-7-16(12-23-19)21-25-22(31-26-21)18-4-3-11-27(18)13-15-5-8-17(30-2)9-6-15/h5-10,12,18H,3-4,11,13-14H2,1-2H3,(H,23,24,28). The van der Waals surface area contributed by atoms with E-state index in [1.54, 1.807) is 25.4 Å². The number of methoxy groups -OCH3 is 2. The van der Waals surface area contributed by atoms with Gasteiger partial charge in [-0.1, -0.05) is 17.3 Å². The monoisotopic (exact) mass is 423 g/mol. The molecular formula is C22H25N5O4. The Morgan fingerprint density at radius 2 is 2.06 bits per heavy atom. The zero-order valence-electron chi connectivity index (χ0n) is 17.6. The number of nitrogens with one attached hydrogen (secondary N) is 1. The number of carbonyl (C=O) groups excluding carboxylic acids is 1. The quantitative estimate of drug-likeness (QED) is 0.590. The lowest BCUT2D eigenvalue weighted by atomic mass is 10.1. The first-order chi connectivity index (χ1) is 15.2. The number of pyridine rings is 1. The van der Waals surface area contributed by atoms with Crippen molar-refractivity contribution in [3.63, 3.8) is 0 Å². The molecule has 162 valence electrons. The molecule has 2 aromatic heterocycles. The van der Waals surface area contributed by atoms with Gasteiger partial charge < -0.3 is 19.3 Å². The second-order valence-electron chi connectivity index (χ2n) is 7.35. The van der Waals surface area contributed by atoms with E-state index in [9.17, 15) is 4.79 Å². The Labute approximate surface area is 180 Å². The highest BCUT2D eigenvalue weighted by Crippen LogP contribution is 2.33. The van der Waals surface area contributed by atoms with Crippen LogP contribution < -0.4 is 10.1 Å². The number of hydrogen-bond donors (Lipinski definition) is 1. The number of likely N-dealkylation sites (tertiary alicyclic amines) is 1.